The molecule has 0 aromatic heterocycles. The summed E-state index contributed by atoms with van der Waals surface area (Å²) in [6.45, 7) is 12.5. The molecule has 98 valence electrons. The van der Waals surface area contributed by atoms with Crippen LogP contribution in [0.1, 0.15) is 41.5 Å². The van der Waals surface area contributed by atoms with Crippen LogP contribution in [-0.4, -0.2) is 16.9 Å². The van der Waals surface area contributed by atoms with Gasteiger partial charge >= 0.3 is 0 Å². The highest BCUT2D eigenvalue weighted by atomic mass is 32.1. The summed E-state index contributed by atoms with van der Waals surface area (Å²) in [6, 6.07) is -0.204. The fraction of sp³-hybridized carbons (Fsp3) is 0.846. The van der Waals surface area contributed by atoms with Gasteiger partial charge in [0.25, 0.3) is 0 Å². The summed E-state index contributed by atoms with van der Waals surface area (Å²) in [5, 5.41) is 2.98. The van der Waals surface area contributed by atoms with E-state index in [1.807, 2.05) is 13.8 Å². The molecule has 0 radical (unpaired) electrons. The zero-order valence-electron chi connectivity index (χ0n) is 11.6. The number of nitrogens with two attached hydrogens (primary N) is 1. The molecule has 0 aromatic rings. The first-order valence-electron chi connectivity index (χ1n) is 6.13. The quantitative estimate of drug-likeness (QED) is 0.757. The Balaban J connectivity index is 2.72. The molecule has 1 fully saturated rings. The lowest BCUT2D eigenvalue weighted by Gasteiger charge is -2.21. The van der Waals surface area contributed by atoms with Crippen LogP contribution in [0.4, 0.5) is 0 Å². The van der Waals surface area contributed by atoms with Crippen molar-refractivity contribution in [2.75, 3.05) is 0 Å². The Bertz CT molecular complexity index is 333. The molecule has 3 nitrogen and oxygen atoms in total. The molecule has 17 heavy (non-hydrogen) atoms. The maximum Gasteiger partial charge on any atom is 0.224 e. The van der Waals surface area contributed by atoms with Crippen LogP contribution in [-0.2, 0) is 4.79 Å². The van der Waals surface area contributed by atoms with Crippen LogP contribution in [0.3, 0.4) is 0 Å². The maximum atomic E-state index is 12.2. The largest absolute Gasteiger partial charge is 0.392 e. The first-order valence-corrected chi connectivity index (χ1v) is 6.54. The summed E-state index contributed by atoms with van der Waals surface area (Å²) in [5.74, 6) is 0.346. The summed E-state index contributed by atoms with van der Waals surface area (Å²) >= 11 is 5.00. The van der Waals surface area contributed by atoms with E-state index in [2.05, 4.69) is 33.0 Å². The number of nitrogens with one attached hydrogen (secondary N) is 1. The molecule has 1 atom stereocenters. The Hall–Kier alpha value is -0.640. The Kier molecular flexibility index (Phi) is 3.59. The van der Waals surface area contributed by atoms with E-state index < -0.39 is 0 Å². The van der Waals surface area contributed by atoms with Gasteiger partial charge in [-0.25, -0.2) is 0 Å². The molecule has 1 unspecified atom stereocenters. The van der Waals surface area contributed by atoms with Crippen LogP contribution >= 0.6 is 12.2 Å². The van der Waals surface area contributed by atoms with Gasteiger partial charge in [-0.2, -0.15) is 0 Å². The van der Waals surface area contributed by atoms with Gasteiger partial charge in [0, 0.05) is 5.92 Å². The lowest BCUT2D eigenvalue weighted by atomic mass is 10.0. The molecule has 1 rings (SSSR count). The Morgan fingerprint density at radius 3 is 1.88 bits per heavy atom. The molecule has 0 heterocycles. The van der Waals surface area contributed by atoms with E-state index in [1.165, 1.54) is 0 Å². The minimum absolute atomic E-state index is 0.0469. The summed E-state index contributed by atoms with van der Waals surface area (Å²) in [6.07, 6.45) is 0. The predicted octanol–water partition coefficient (Wildman–Crippen LogP) is 2.10. The molecule has 3 N–H and O–H groups in total. The summed E-state index contributed by atoms with van der Waals surface area (Å²) in [7, 11) is 0. The molecule has 1 aliphatic carbocycles. The van der Waals surface area contributed by atoms with Crippen LogP contribution in [0.5, 0.6) is 0 Å². The molecule has 0 aliphatic heterocycles. The van der Waals surface area contributed by atoms with Crippen molar-refractivity contribution in [3.05, 3.63) is 0 Å². The molecule has 1 aliphatic rings. The zero-order chi connectivity index (χ0) is 13.6. The summed E-state index contributed by atoms with van der Waals surface area (Å²) < 4.78 is 0. The fourth-order valence-corrected chi connectivity index (χ4v) is 2.99. The fourth-order valence-electron chi connectivity index (χ4n) is 2.65. The molecule has 0 spiro atoms. The zero-order valence-corrected chi connectivity index (χ0v) is 12.4. The standard InChI is InChI=1S/C13H24N2OS/c1-7(2)8(10(14)17)15-11(16)9-12(3,4)13(9,5)6/h7-9H,1-6H3,(H2,14,17)(H,15,16). The average molecular weight is 256 g/mol. The number of carbonyl (C=O) groups excluding carboxylic acids is 1. The molecule has 4 heteroatoms. The van der Waals surface area contributed by atoms with Gasteiger partial charge in [-0.05, 0) is 16.7 Å². The van der Waals surface area contributed by atoms with E-state index in [4.69, 9.17) is 18.0 Å². The van der Waals surface area contributed by atoms with Crippen molar-refractivity contribution in [2.45, 2.75) is 47.6 Å². The monoisotopic (exact) mass is 256 g/mol. The van der Waals surface area contributed by atoms with Crippen molar-refractivity contribution in [1.29, 1.82) is 0 Å². The van der Waals surface area contributed by atoms with E-state index in [-0.39, 0.29) is 34.6 Å². The van der Waals surface area contributed by atoms with E-state index in [1.54, 1.807) is 0 Å². The highest BCUT2D eigenvalue weighted by molar-refractivity contribution is 7.80. The summed E-state index contributed by atoms with van der Waals surface area (Å²) in [4.78, 5) is 12.6. The third kappa shape index (κ3) is 2.32. The SMILES string of the molecule is CC(C)C(NC(=O)C1C(C)(C)C1(C)C)C(N)=S. The molecule has 1 amide bonds. The highest BCUT2D eigenvalue weighted by Crippen LogP contribution is 2.68. The number of thiocarbonyl (C=S) groups is 1. The van der Waals surface area contributed by atoms with Crippen molar-refractivity contribution in [3.63, 3.8) is 0 Å². The van der Waals surface area contributed by atoms with Crippen LogP contribution in [0, 0.1) is 22.7 Å². The predicted molar refractivity (Wildman–Crippen MR) is 74.6 cm³/mol. The van der Waals surface area contributed by atoms with Gasteiger partial charge in [0.2, 0.25) is 5.91 Å². The van der Waals surface area contributed by atoms with Gasteiger partial charge in [-0.1, -0.05) is 53.8 Å². The van der Waals surface area contributed by atoms with Crippen LogP contribution < -0.4 is 11.1 Å². The van der Waals surface area contributed by atoms with Gasteiger partial charge in [0.15, 0.2) is 0 Å². The molecule has 0 bridgehead atoms. The van der Waals surface area contributed by atoms with Gasteiger partial charge in [0.1, 0.15) is 0 Å². The lowest BCUT2D eigenvalue weighted by molar-refractivity contribution is -0.124. The number of rotatable bonds is 4. The molecule has 0 aromatic carbocycles. The average Bonchev–Trinajstić information content (AvgIpc) is 2.52. The topological polar surface area (TPSA) is 55.1 Å². The summed E-state index contributed by atoms with van der Waals surface area (Å²) in [5.41, 5.74) is 5.76. The second-order valence-electron chi connectivity index (χ2n) is 6.51. The molecular formula is C13H24N2OS. The minimum atomic E-state index is -0.204. The van der Waals surface area contributed by atoms with E-state index in [9.17, 15) is 4.79 Å². The Morgan fingerprint density at radius 2 is 1.65 bits per heavy atom. The van der Waals surface area contributed by atoms with Gasteiger partial charge in [-0.15, -0.1) is 0 Å². The van der Waals surface area contributed by atoms with Crippen molar-refractivity contribution in [3.8, 4) is 0 Å². The van der Waals surface area contributed by atoms with Crippen molar-refractivity contribution >= 4 is 23.1 Å². The smallest absolute Gasteiger partial charge is 0.224 e. The molecule has 1 saturated carbocycles. The second-order valence-corrected chi connectivity index (χ2v) is 6.98. The number of hydrogen-bond donors (Lipinski definition) is 2. The number of carbonyl (C=O) groups is 1. The first-order chi connectivity index (χ1) is 7.53. The van der Waals surface area contributed by atoms with Crippen LogP contribution in [0.15, 0.2) is 0 Å². The van der Waals surface area contributed by atoms with Crippen molar-refractivity contribution < 1.29 is 4.79 Å². The maximum absolute atomic E-state index is 12.2. The minimum Gasteiger partial charge on any atom is -0.392 e. The third-order valence-electron chi connectivity index (χ3n) is 4.55. The Morgan fingerprint density at radius 1 is 1.24 bits per heavy atom. The van der Waals surface area contributed by atoms with E-state index in [0.29, 0.717) is 4.99 Å². The van der Waals surface area contributed by atoms with E-state index >= 15 is 0 Å². The van der Waals surface area contributed by atoms with Gasteiger partial charge in [0.05, 0.1) is 11.0 Å². The van der Waals surface area contributed by atoms with Gasteiger partial charge in [-0.3, -0.25) is 4.79 Å². The first kappa shape index (κ1) is 14.4. The van der Waals surface area contributed by atoms with Crippen molar-refractivity contribution in [2.24, 2.45) is 28.4 Å². The molecule has 0 saturated heterocycles. The number of amides is 1. The second kappa shape index (κ2) is 4.23. The van der Waals surface area contributed by atoms with E-state index in [0.717, 1.165) is 0 Å². The third-order valence-corrected chi connectivity index (χ3v) is 4.81. The molecular weight excluding hydrogens is 232 g/mol. The van der Waals surface area contributed by atoms with Crippen molar-refractivity contribution in [1.82, 2.24) is 5.32 Å². The lowest BCUT2D eigenvalue weighted by Crippen LogP contribution is -2.47. The van der Waals surface area contributed by atoms with Crippen LogP contribution in [0.2, 0.25) is 0 Å². The normalized spacial score (nSPS) is 23.2. The van der Waals surface area contributed by atoms with Gasteiger partial charge < -0.3 is 11.1 Å². The Labute approximate surface area is 110 Å². The highest BCUT2D eigenvalue weighted by Gasteiger charge is 2.68. The number of hydrogen-bond acceptors (Lipinski definition) is 2. The van der Waals surface area contributed by atoms with Crippen LogP contribution in [0.25, 0.3) is 0 Å².